The second-order valence-electron chi connectivity index (χ2n) is 4.83. The Hall–Kier alpha value is -2.15. The summed E-state index contributed by atoms with van der Waals surface area (Å²) in [6.45, 7) is 2.42. The zero-order chi connectivity index (χ0) is 15.1. The molecule has 0 atom stereocenters. The first-order valence-electron chi connectivity index (χ1n) is 7.04. The van der Waals surface area contributed by atoms with E-state index >= 15 is 0 Å². The molecule has 7 nitrogen and oxygen atoms in total. The fourth-order valence-corrected chi connectivity index (χ4v) is 1.92. The zero-order valence-corrected chi connectivity index (χ0v) is 12.0. The normalized spacial score (nSPS) is 13.8. The minimum atomic E-state index is -0.296. The van der Waals surface area contributed by atoms with Gasteiger partial charge in [0.15, 0.2) is 0 Å². The number of hydrazine groups is 1. The Bertz CT molecular complexity index is 476. The molecule has 1 saturated carbocycles. The van der Waals surface area contributed by atoms with Crippen LogP contribution in [-0.2, 0) is 14.3 Å². The summed E-state index contributed by atoms with van der Waals surface area (Å²) in [6, 6.07) is 5.66. The van der Waals surface area contributed by atoms with E-state index in [0.29, 0.717) is 18.5 Å². The number of hydrogen-bond acceptors (Lipinski definition) is 6. The van der Waals surface area contributed by atoms with Crippen molar-refractivity contribution >= 4 is 17.7 Å². The number of nitrogens with zero attached hydrogens (tertiary/aromatic N) is 2. The number of esters is 1. The summed E-state index contributed by atoms with van der Waals surface area (Å²) in [7, 11) is 0. The van der Waals surface area contributed by atoms with E-state index in [1.54, 1.807) is 25.3 Å². The van der Waals surface area contributed by atoms with E-state index in [1.807, 2.05) is 11.0 Å². The lowest BCUT2D eigenvalue weighted by Gasteiger charge is -2.20. The van der Waals surface area contributed by atoms with Crippen LogP contribution in [0.2, 0.25) is 0 Å². The second kappa shape index (κ2) is 7.58. The van der Waals surface area contributed by atoms with E-state index in [4.69, 9.17) is 4.74 Å². The molecule has 0 radical (unpaired) electrons. The highest BCUT2D eigenvalue weighted by molar-refractivity contribution is 5.80. The van der Waals surface area contributed by atoms with Gasteiger partial charge in [-0.25, -0.2) is 4.98 Å². The maximum absolute atomic E-state index is 11.9. The molecule has 2 rings (SSSR count). The number of nitrogens with one attached hydrogen (secondary N) is 2. The van der Waals surface area contributed by atoms with Gasteiger partial charge in [-0.2, -0.15) is 0 Å². The molecule has 1 heterocycles. The van der Waals surface area contributed by atoms with Gasteiger partial charge in [-0.15, -0.1) is 0 Å². The van der Waals surface area contributed by atoms with Crippen LogP contribution in [-0.4, -0.2) is 47.5 Å². The molecule has 1 fully saturated rings. The third kappa shape index (κ3) is 5.39. The Morgan fingerprint density at radius 2 is 2.19 bits per heavy atom. The maximum Gasteiger partial charge on any atom is 0.320 e. The molecule has 2 N–H and O–H groups in total. The molecule has 114 valence electrons. The fourth-order valence-electron chi connectivity index (χ4n) is 1.92. The van der Waals surface area contributed by atoms with Gasteiger partial charge in [0, 0.05) is 12.2 Å². The van der Waals surface area contributed by atoms with E-state index in [2.05, 4.69) is 15.8 Å². The van der Waals surface area contributed by atoms with Crippen LogP contribution in [0.5, 0.6) is 0 Å². The molecule has 1 aliphatic carbocycles. The summed E-state index contributed by atoms with van der Waals surface area (Å²) in [5.41, 5.74) is 5.31. The Kier molecular flexibility index (Phi) is 5.51. The van der Waals surface area contributed by atoms with E-state index in [0.717, 1.165) is 12.8 Å². The summed E-state index contributed by atoms with van der Waals surface area (Å²) in [5.74, 6) is 0.0564. The Labute approximate surface area is 123 Å². The highest BCUT2D eigenvalue weighted by atomic mass is 16.5. The number of hydrogen-bond donors (Lipinski definition) is 2. The van der Waals surface area contributed by atoms with Gasteiger partial charge in [-0.05, 0) is 31.9 Å². The SMILES string of the molecule is CCOC(=O)CN(CC(=O)NNc1ccccn1)C1CC1. The van der Waals surface area contributed by atoms with Gasteiger partial charge in [0.1, 0.15) is 5.82 Å². The van der Waals surface area contributed by atoms with Crippen LogP contribution in [0.25, 0.3) is 0 Å². The highest BCUT2D eigenvalue weighted by Gasteiger charge is 2.31. The quantitative estimate of drug-likeness (QED) is 0.538. The van der Waals surface area contributed by atoms with Crippen molar-refractivity contribution < 1.29 is 14.3 Å². The van der Waals surface area contributed by atoms with Crippen molar-refractivity contribution in [2.75, 3.05) is 25.1 Å². The number of aromatic nitrogens is 1. The minimum absolute atomic E-state index is 0.148. The first-order valence-corrected chi connectivity index (χ1v) is 7.04. The van der Waals surface area contributed by atoms with E-state index < -0.39 is 0 Å². The predicted molar refractivity (Wildman–Crippen MR) is 77.2 cm³/mol. The van der Waals surface area contributed by atoms with Gasteiger partial charge in [0.05, 0.1) is 19.7 Å². The summed E-state index contributed by atoms with van der Waals surface area (Å²) in [6.07, 6.45) is 3.66. The summed E-state index contributed by atoms with van der Waals surface area (Å²) in [5, 5.41) is 0. The van der Waals surface area contributed by atoms with Gasteiger partial charge < -0.3 is 4.74 Å². The maximum atomic E-state index is 11.9. The van der Waals surface area contributed by atoms with Gasteiger partial charge in [-0.1, -0.05) is 6.07 Å². The van der Waals surface area contributed by atoms with E-state index in [9.17, 15) is 9.59 Å². The number of anilines is 1. The number of carbonyl (C=O) groups is 2. The topological polar surface area (TPSA) is 83.6 Å². The average molecular weight is 292 g/mol. The number of rotatable bonds is 8. The van der Waals surface area contributed by atoms with Crippen molar-refractivity contribution in [2.24, 2.45) is 0 Å². The molecule has 21 heavy (non-hydrogen) atoms. The molecule has 0 unspecified atom stereocenters. The summed E-state index contributed by atoms with van der Waals surface area (Å²) in [4.78, 5) is 29.3. The molecule has 1 aromatic rings. The molecule has 7 heteroatoms. The van der Waals surface area contributed by atoms with Crippen LogP contribution in [0.1, 0.15) is 19.8 Å². The number of ether oxygens (including phenoxy) is 1. The average Bonchev–Trinajstić information content (AvgIpc) is 3.30. The lowest BCUT2D eigenvalue weighted by molar-refractivity contribution is -0.144. The van der Waals surface area contributed by atoms with E-state index in [-0.39, 0.29) is 25.0 Å². The molecular formula is C14H20N4O3. The summed E-state index contributed by atoms with van der Waals surface area (Å²) >= 11 is 0. The number of pyridine rings is 1. The molecule has 1 aromatic heterocycles. The first kappa shape index (κ1) is 15.2. The van der Waals surface area contributed by atoms with Crippen molar-refractivity contribution in [2.45, 2.75) is 25.8 Å². The number of carbonyl (C=O) groups excluding carboxylic acids is 2. The standard InChI is InChI=1S/C14H20N4O3/c1-2-21-14(20)10-18(11-6-7-11)9-13(19)17-16-12-5-3-4-8-15-12/h3-5,8,11H,2,6-7,9-10H2,1H3,(H,15,16)(H,17,19). The predicted octanol–water partition coefficient (Wildman–Crippen LogP) is 0.552. The van der Waals surface area contributed by atoms with Crippen LogP contribution in [0.3, 0.4) is 0 Å². The lowest BCUT2D eigenvalue weighted by Crippen LogP contribution is -2.43. The van der Waals surface area contributed by atoms with Gasteiger partial charge in [0.25, 0.3) is 5.91 Å². The molecule has 0 saturated heterocycles. The molecule has 0 aliphatic heterocycles. The van der Waals surface area contributed by atoms with Crippen molar-refractivity contribution in [3.63, 3.8) is 0 Å². The van der Waals surface area contributed by atoms with Crippen molar-refractivity contribution in [3.8, 4) is 0 Å². The molecule has 0 bridgehead atoms. The second-order valence-corrected chi connectivity index (χ2v) is 4.83. The Morgan fingerprint density at radius 3 is 2.81 bits per heavy atom. The monoisotopic (exact) mass is 292 g/mol. The number of amides is 1. The van der Waals surface area contributed by atoms with Gasteiger partial charge in [-0.3, -0.25) is 25.3 Å². The van der Waals surface area contributed by atoms with E-state index in [1.165, 1.54) is 0 Å². The minimum Gasteiger partial charge on any atom is -0.465 e. The van der Waals surface area contributed by atoms with Crippen molar-refractivity contribution in [1.82, 2.24) is 15.3 Å². The van der Waals surface area contributed by atoms with Crippen LogP contribution in [0, 0.1) is 0 Å². The smallest absolute Gasteiger partial charge is 0.320 e. The van der Waals surface area contributed by atoms with Gasteiger partial charge >= 0.3 is 5.97 Å². The molecule has 1 amide bonds. The van der Waals surface area contributed by atoms with Crippen molar-refractivity contribution in [3.05, 3.63) is 24.4 Å². The first-order chi connectivity index (χ1) is 10.2. The molecule has 0 spiro atoms. The fraction of sp³-hybridized carbons (Fsp3) is 0.500. The Morgan fingerprint density at radius 1 is 1.38 bits per heavy atom. The van der Waals surface area contributed by atoms with Crippen LogP contribution in [0.15, 0.2) is 24.4 Å². The molecule has 1 aliphatic rings. The third-order valence-corrected chi connectivity index (χ3v) is 3.04. The van der Waals surface area contributed by atoms with Crippen LogP contribution < -0.4 is 10.9 Å². The zero-order valence-electron chi connectivity index (χ0n) is 12.0. The largest absolute Gasteiger partial charge is 0.465 e. The summed E-state index contributed by atoms with van der Waals surface area (Å²) < 4.78 is 4.92. The lowest BCUT2D eigenvalue weighted by atomic mass is 10.4. The van der Waals surface area contributed by atoms with Crippen molar-refractivity contribution in [1.29, 1.82) is 0 Å². The van der Waals surface area contributed by atoms with Crippen LogP contribution >= 0.6 is 0 Å². The Balaban J connectivity index is 1.77. The highest BCUT2D eigenvalue weighted by Crippen LogP contribution is 2.26. The third-order valence-electron chi connectivity index (χ3n) is 3.04. The van der Waals surface area contributed by atoms with Crippen LogP contribution in [0.4, 0.5) is 5.82 Å². The van der Waals surface area contributed by atoms with Gasteiger partial charge in [0.2, 0.25) is 0 Å². The molecule has 0 aromatic carbocycles. The molecular weight excluding hydrogens is 272 g/mol.